The van der Waals surface area contributed by atoms with E-state index >= 15 is 0 Å². The molecule has 0 radical (unpaired) electrons. The van der Waals surface area contributed by atoms with Gasteiger partial charge in [0.2, 0.25) is 0 Å². The van der Waals surface area contributed by atoms with Crippen molar-refractivity contribution in [2.75, 3.05) is 4.72 Å². The SMILES string of the molecule is Cc1cc(NS(=O)(=O)c2cn[nH]c2C)cc(C)c1Br. The number of nitrogens with zero attached hydrogens (tertiary/aromatic N) is 1. The Hall–Kier alpha value is -1.34. The number of hydrogen-bond acceptors (Lipinski definition) is 3. The molecule has 0 aliphatic rings. The van der Waals surface area contributed by atoms with Crippen molar-refractivity contribution in [2.45, 2.75) is 25.7 Å². The fraction of sp³-hybridized carbons (Fsp3) is 0.250. The third-order valence-corrected chi connectivity index (χ3v) is 5.51. The molecule has 0 atom stereocenters. The van der Waals surface area contributed by atoms with Crippen LogP contribution >= 0.6 is 15.9 Å². The summed E-state index contributed by atoms with van der Waals surface area (Å²) in [5, 5.41) is 6.34. The molecular formula is C12H14BrN3O2S. The highest BCUT2D eigenvalue weighted by Crippen LogP contribution is 2.26. The fourth-order valence-electron chi connectivity index (χ4n) is 1.83. The first-order valence-electron chi connectivity index (χ1n) is 5.61. The smallest absolute Gasteiger partial charge is 0.265 e. The van der Waals surface area contributed by atoms with E-state index in [1.165, 1.54) is 6.20 Å². The lowest BCUT2D eigenvalue weighted by Gasteiger charge is -2.10. The zero-order chi connectivity index (χ0) is 14.2. The van der Waals surface area contributed by atoms with Crippen LogP contribution in [0.2, 0.25) is 0 Å². The topological polar surface area (TPSA) is 74.8 Å². The molecule has 0 bridgehead atoms. The summed E-state index contributed by atoms with van der Waals surface area (Å²) in [6.45, 7) is 5.50. The van der Waals surface area contributed by atoms with Crippen LogP contribution < -0.4 is 4.72 Å². The summed E-state index contributed by atoms with van der Waals surface area (Å²) in [7, 11) is -3.61. The van der Waals surface area contributed by atoms with E-state index in [0.717, 1.165) is 15.6 Å². The molecular weight excluding hydrogens is 330 g/mol. The number of halogens is 1. The quantitative estimate of drug-likeness (QED) is 0.899. The lowest BCUT2D eigenvalue weighted by atomic mass is 10.1. The second kappa shape index (κ2) is 4.97. The standard InChI is InChI=1S/C12H14BrN3O2S/c1-7-4-10(5-8(2)12(7)13)16-19(17,18)11-6-14-15-9(11)3/h4-6,16H,1-3H3,(H,14,15). The van der Waals surface area contributed by atoms with Gasteiger partial charge in [-0.05, 0) is 44.0 Å². The van der Waals surface area contributed by atoms with Gasteiger partial charge in [0.05, 0.1) is 11.9 Å². The Morgan fingerprint density at radius 1 is 1.21 bits per heavy atom. The van der Waals surface area contributed by atoms with Crippen LogP contribution in [0, 0.1) is 20.8 Å². The molecule has 0 amide bonds. The van der Waals surface area contributed by atoms with Crippen molar-refractivity contribution < 1.29 is 8.42 Å². The largest absolute Gasteiger partial charge is 0.281 e. The summed E-state index contributed by atoms with van der Waals surface area (Å²) in [6, 6.07) is 3.56. The molecule has 0 saturated carbocycles. The van der Waals surface area contributed by atoms with Gasteiger partial charge in [-0.3, -0.25) is 9.82 Å². The first-order chi connectivity index (χ1) is 8.81. The molecule has 1 heterocycles. The molecule has 0 aliphatic carbocycles. The monoisotopic (exact) mass is 343 g/mol. The lowest BCUT2D eigenvalue weighted by Crippen LogP contribution is -2.13. The highest BCUT2D eigenvalue weighted by molar-refractivity contribution is 9.10. The van der Waals surface area contributed by atoms with E-state index in [1.807, 2.05) is 13.8 Å². The molecule has 19 heavy (non-hydrogen) atoms. The van der Waals surface area contributed by atoms with Gasteiger partial charge in [0.1, 0.15) is 4.90 Å². The van der Waals surface area contributed by atoms with Gasteiger partial charge in [0, 0.05) is 10.2 Å². The Kier molecular flexibility index (Phi) is 3.69. The van der Waals surface area contributed by atoms with E-state index in [4.69, 9.17) is 0 Å². The molecule has 1 aromatic carbocycles. The number of nitrogens with one attached hydrogen (secondary N) is 2. The van der Waals surface area contributed by atoms with E-state index < -0.39 is 10.0 Å². The van der Waals surface area contributed by atoms with Crippen molar-refractivity contribution in [1.29, 1.82) is 0 Å². The van der Waals surface area contributed by atoms with Crippen molar-refractivity contribution in [3.8, 4) is 0 Å². The first kappa shape index (κ1) is 14.1. The zero-order valence-electron chi connectivity index (χ0n) is 10.8. The molecule has 2 rings (SSSR count). The van der Waals surface area contributed by atoms with Crippen molar-refractivity contribution >= 4 is 31.6 Å². The van der Waals surface area contributed by atoms with Crippen LogP contribution in [0.5, 0.6) is 0 Å². The van der Waals surface area contributed by atoms with Gasteiger partial charge in [-0.2, -0.15) is 5.10 Å². The number of rotatable bonds is 3. The number of aromatic nitrogens is 2. The molecule has 102 valence electrons. The van der Waals surface area contributed by atoms with E-state index in [2.05, 4.69) is 30.8 Å². The molecule has 1 aromatic heterocycles. The molecule has 0 spiro atoms. The predicted octanol–water partition coefficient (Wildman–Crippen LogP) is 2.90. The minimum Gasteiger partial charge on any atom is -0.281 e. The number of benzene rings is 1. The normalized spacial score (nSPS) is 11.6. The average molecular weight is 344 g/mol. The molecule has 2 N–H and O–H groups in total. The van der Waals surface area contributed by atoms with E-state index in [0.29, 0.717) is 11.4 Å². The van der Waals surface area contributed by atoms with Crippen molar-refractivity contribution in [3.63, 3.8) is 0 Å². The van der Waals surface area contributed by atoms with Crippen molar-refractivity contribution in [2.24, 2.45) is 0 Å². The number of sulfonamides is 1. The van der Waals surface area contributed by atoms with Crippen LogP contribution in [0.4, 0.5) is 5.69 Å². The molecule has 0 fully saturated rings. The zero-order valence-corrected chi connectivity index (χ0v) is 13.2. The second-order valence-electron chi connectivity index (χ2n) is 4.39. The van der Waals surface area contributed by atoms with Gasteiger partial charge < -0.3 is 0 Å². The third-order valence-electron chi connectivity index (χ3n) is 2.76. The number of anilines is 1. The number of aromatic amines is 1. The van der Waals surface area contributed by atoms with Crippen LogP contribution in [0.3, 0.4) is 0 Å². The summed E-state index contributed by atoms with van der Waals surface area (Å²) < 4.78 is 28.0. The minimum absolute atomic E-state index is 0.158. The molecule has 0 aliphatic heterocycles. The highest BCUT2D eigenvalue weighted by Gasteiger charge is 2.19. The Morgan fingerprint density at radius 3 is 2.26 bits per heavy atom. The van der Waals surface area contributed by atoms with Gasteiger partial charge in [0.25, 0.3) is 10.0 Å². The Labute approximate surface area is 120 Å². The van der Waals surface area contributed by atoms with Crippen LogP contribution in [-0.2, 0) is 10.0 Å². The Morgan fingerprint density at radius 2 is 1.79 bits per heavy atom. The highest BCUT2D eigenvalue weighted by atomic mass is 79.9. The maximum absolute atomic E-state index is 12.2. The average Bonchev–Trinajstić information content (AvgIpc) is 2.72. The predicted molar refractivity (Wildman–Crippen MR) is 77.7 cm³/mol. The molecule has 2 aromatic rings. The van der Waals surface area contributed by atoms with Gasteiger partial charge in [-0.15, -0.1) is 0 Å². The summed E-state index contributed by atoms with van der Waals surface area (Å²) in [5.74, 6) is 0. The fourth-order valence-corrected chi connectivity index (χ4v) is 3.23. The van der Waals surface area contributed by atoms with Gasteiger partial charge in [0.15, 0.2) is 0 Å². The summed E-state index contributed by atoms with van der Waals surface area (Å²) in [4.78, 5) is 0.158. The first-order valence-corrected chi connectivity index (χ1v) is 7.88. The molecule has 5 nitrogen and oxygen atoms in total. The van der Waals surface area contributed by atoms with Gasteiger partial charge >= 0.3 is 0 Å². The number of H-pyrrole nitrogens is 1. The lowest BCUT2D eigenvalue weighted by molar-refractivity contribution is 0.600. The van der Waals surface area contributed by atoms with E-state index in [1.54, 1.807) is 19.1 Å². The summed E-state index contributed by atoms with van der Waals surface area (Å²) in [6.07, 6.45) is 1.30. The van der Waals surface area contributed by atoms with Crippen LogP contribution in [0.25, 0.3) is 0 Å². The third kappa shape index (κ3) is 2.82. The van der Waals surface area contributed by atoms with Gasteiger partial charge in [-0.1, -0.05) is 15.9 Å². The Bertz CT molecular complexity index is 699. The number of aryl methyl sites for hydroxylation is 3. The van der Waals surface area contributed by atoms with Crippen molar-refractivity contribution in [3.05, 3.63) is 39.6 Å². The van der Waals surface area contributed by atoms with Crippen LogP contribution in [0.1, 0.15) is 16.8 Å². The summed E-state index contributed by atoms with van der Waals surface area (Å²) in [5.41, 5.74) is 3.00. The van der Waals surface area contributed by atoms with Crippen LogP contribution in [-0.4, -0.2) is 18.6 Å². The van der Waals surface area contributed by atoms with Crippen molar-refractivity contribution in [1.82, 2.24) is 10.2 Å². The van der Waals surface area contributed by atoms with Gasteiger partial charge in [-0.25, -0.2) is 8.42 Å². The molecule has 7 heteroatoms. The molecule has 0 saturated heterocycles. The van der Waals surface area contributed by atoms with E-state index in [-0.39, 0.29) is 4.90 Å². The second-order valence-corrected chi connectivity index (χ2v) is 6.83. The van der Waals surface area contributed by atoms with E-state index in [9.17, 15) is 8.42 Å². The summed E-state index contributed by atoms with van der Waals surface area (Å²) >= 11 is 3.45. The Balaban J connectivity index is 2.39. The molecule has 0 unspecified atom stereocenters. The maximum Gasteiger partial charge on any atom is 0.265 e. The number of hydrogen-bond donors (Lipinski definition) is 2. The minimum atomic E-state index is -3.61. The van der Waals surface area contributed by atoms with Crippen LogP contribution in [0.15, 0.2) is 27.7 Å². The maximum atomic E-state index is 12.2.